The summed E-state index contributed by atoms with van der Waals surface area (Å²) < 4.78 is 0. The van der Waals surface area contributed by atoms with Crippen LogP contribution in [0.15, 0.2) is 12.3 Å². The Bertz CT molecular complexity index is 427. The summed E-state index contributed by atoms with van der Waals surface area (Å²) in [6.45, 7) is 0.644. The number of pyridine rings is 1. The van der Waals surface area contributed by atoms with Crippen molar-refractivity contribution in [3.8, 4) is 0 Å². The van der Waals surface area contributed by atoms with Crippen LogP contribution < -0.4 is 4.90 Å². The fourth-order valence-electron chi connectivity index (χ4n) is 1.74. The molecular weight excluding hydrogens is 267 g/mol. The van der Waals surface area contributed by atoms with E-state index in [1.807, 2.05) is 0 Å². The Labute approximate surface area is 109 Å². The molecule has 1 aliphatic rings. The lowest BCUT2D eigenvalue weighted by atomic mass is 10.1. The molecule has 0 spiro atoms. The summed E-state index contributed by atoms with van der Waals surface area (Å²) in [5.41, 5.74) is 0.625. The van der Waals surface area contributed by atoms with Gasteiger partial charge in [-0.3, -0.25) is 4.79 Å². The molecule has 1 amide bonds. The Hall–Kier alpha value is -0.450. The third kappa shape index (κ3) is 2.29. The van der Waals surface area contributed by atoms with E-state index in [9.17, 15) is 4.79 Å². The summed E-state index contributed by atoms with van der Waals surface area (Å²) in [7, 11) is 0. The van der Waals surface area contributed by atoms with Gasteiger partial charge in [-0.05, 0) is 17.7 Å². The monoisotopic (exact) mass is 276 g/mol. The second kappa shape index (κ2) is 4.82. The van der Waals surface area contributed by atoms with Crippen molar-refractivity contribution in [3.63, 3.8) is 0 Å². The highest BCUT2D eigenvalue weighted by molar-refractivity contribution is 7.80. The number of carbonyl (C=O) groups is 1. The third-order valence-electron chi connectivity index (χ3n) is 2.55. The number of aromatic nitrogens is 1. The fraction of sp³-hybridized carbons (Fsp3) is 0.400. The average molecular weight is 277 g/mol. The summed E-state index contributed by atoms with van der Waals surface area (Å²) >= 11 is 15.9. The predicted octanol–water partition coefficient (Wildman–Crippen LogP) is 2.67. The van der Waals surface area contributed by atoms with E-state index in [4.69, 9.17) is 23.2 Å². The number of halogens is 2. The maximum absolute atomic E-state index is 11.8. The van der Waals surface area contributed by atoms with Crippen molar-refractivity contribution in [1.82, 2.24) is 4.98 Å². The number of rotatable bonds is 2. The number of hydrogen-bond donors (Lipinski definition) is 1. The van der Waals surface area contributed by atoms with Gasteiger partial charge in [-0.2, -0.15) is 12.6 Å². The molecule has 2 heterocycles. The maximum Gasteiger partial charge on any atom is 0.227 e. The van der Waals surface area contributed by atoms with Gasteiger partial charge < -0.3 is 4.90 Å². The molecule has 16 heavy (non-hydrogen) atoms. The number of amides is 1. The summed E-state index contributed by atoms with van der Waals surface area (Å²) in [5, 5.41) is 0.777. The van der Waals surface area contributed by atoms with Gasteiger partial charge in [-0.1, -0.05) is 23.2 Å². The van der Waals surface area contributed by atoms with E-state index >= 15 is 0 Å². The van der Waals surface area contributed by atoms with Crippen molar-refractivity contribution in [3.05, 3.63) is 22.4 Å². The van der Waals surface area contributed by atoms with Crippen molar-refractivity contribution in [2.45, 2.75) is 6.42 Å². The topological polar surface area (TPSA) is 33.2 Å². The van der Waals surface area contributed by atoms with Crippen LogP contribution in [0.4, 0.5) is 5.69 Å². The van der Waals surface area contributed by atoms with E-state index < -0.39 is 0 Å². The van der Waals surface area contributed by atoms with E-state index in [1.54, 1.807) is 11.0 Å². The zero-order valence-corrected chi connectivity index (χ0v) is 10.8. The summed E-state index contributed by atoms with van der Waals surface area (Å²) in [5.74, 6) is 1.04. The predicted molar refractivity (Wildman–Crippen MR) is 68.6 cm³/mol. The molecule has 0 aliphatic carbocycles. The highest BCUT2D eigenvalue weighted by atomic mass is 35.5. The number of hydrogen-bond acceptors (Lipinski definition) is 3. The van der Waals surface area contributed by atoms with Crippen LogP contribution in [-0.2, 0) is 4.79 Å². The SMILES string of the molecule is O=C1CC(CS)CN1c1cnc(Cl)cc1Cl. The van der Waals surface area contributed by atoms with Crippen LogP contribution in [0.1, 0.15) is 6.42 Å². The molecule has 1 aliphatic heterocycles. The molecule has 1 fully saturated rings. The van der Waals surface area contributed by atoms with Gasteiger partial charge in [0, 0.05) is 13.0 Å². The number of anilines is 1. The first-order chi connectivity index (χ1) is 7.61. The first-order valence-corrected chi connectivity index (χ1v) is 6.23. The second-order valence-electron chi connectivity index (χ2n) is 3.72. The fourth-order valence-corrected chi connectivity index (χ4v) is 2.45. The zero-order valence-electron chi connectivity index (χ0n) is 8.36. The lowest BCUT2D eigenvalue weighted by Gasteiger charge is -2.17. The van der Waals surface area contributed by atoms with E-state index in [2.05, 4.69) is 17.6 Å². The van der Waals surface area contributed by atoms with Crippen molar-refractivity contribution < 1.29 is 4.79 Å². The smallest absolute Gasteiger partial charge is 0.227 e. The lowest BCUT2D eigenvalue weighted by molar-refractivity contribution is -0.117. The molecular formula is C10H10Cl2N2OS. The summed E-state index contributed by atoms with van der Waals surface area (Å²) in [4.78, 5) is 17.3. The van der Waals surface area contributed by atoms with Crippen molar-refractivity contribution >= 4 is 47.4 Å². The van der Waals surface area contributed by atoms with E-state index in [0.29, 0.717) is 34.6 Å². The highest BCUT2D eigenvalue weighted by Crippen LogP contribution is 2.32. The largest absolute Gasteiger partial charge is 0.309 e. The van der Waals surface area contributed by atoms with Crippen molar-refractivity contribution in [1.29, 1.82) is 0 Å². The number of nitrogens with zero attached hydrogens (tertiary/aromatic N) is 2. The molecule has 6 heteroatoms. The summed E-state index contributed by atoms with van der Waals surface area (Å²) in [6, 6.07) is 1.54. The van der Waals surface area contributed by atoms with Crippen molar-refractivity contribution in [2.75, 3.05) is 17.2 Å². The van der Waals surface area contributed by atoms with Crippen molar-refractivity contribution in [2.24, 2.45) is 5.92 Å². The van der Waals surface area contributed by atoms with Gasteiger partial charge in [0.1, 0.15) is 5.15 Å². The molecule has 0 bridgehead atoms. The normalized spacial score (nSPS) is 20.6. The molecule has 1 aromatic rings. The number of thiol groups is 1. The van der Waals surface area contributed by atoms with Crippen LogP contribution in [0, 0.1) is 5.92 Å². The molecule has 3 nitrogen and oxygen atoms in total. The Morgan fingerprint density at radius 3 is 2.88 bits per heavy atom. The van der Waals surface area contributed by atoms with Crippen LogP contribution in [-0.4, -0.2) is 23.2 Å². The Morgan fingerprint density at radius 2 is 2.31 bits per heavy atom. The van der Waals surface area contributed by atoms with Gasteiger partial charge in [0.05, 0.1) is 16.9 Å². The van der Waals surface area contributed by atoms with E-state index in [0.717, 1.165) is 0 Å². The van der Waals surface area contributed by atoms with Gasteiger partial charge in [0.15, 0.2) is 0 Å². The Kier molecular flexibility index (Phi) is 3.62. The molecule has 1 aromatic heterocycles. The standard InChI is InChI=1S/C10H10Cl2N2OS/c11-7-2-9(12)13-3-8(7)14-4-6(5-16)1-10(14)15/h2-3,6,16H,1,4-5H2. The van der Waals surface area contributed by atoms with Gasteiger partial charge in [-0.15, -0.1) is 0 Å². The molecule has 2 rings (SSSR count). The molecule has 0 saturated carbocycles. The first kappa shape index (κ1) is 12.0. The quantitative estimate of drug-likeness (QED) is 0.666. The zero-order chi connectivity index (χ0) is 11.7. The van der Waals surface area contributed by atoms with Crippen LogP contribution in [0.2, 0.25) is 10.2 Å². The highest BCUT2D eigenvalue weighted by Gasteiger charge is 2.30. The third-order valence-corrected chi connectivity index (χ3v) is 3.58. The Balaban J connectivity index is 2.28. The molecule has 1 atom stereocenters. The molecule has 86 valence electrons. The minimum atomic E-state index is 0.0603. The van der Waals surface area contributed by atoms with Gasteiger partial charge >= 0.3 is 0 Å². The van der Waals surface area contributed by atoms with Crippen LogP contribution in [0.3, 0.4) is 0 Å². The first-order valence-electron chi connectivity index (χ1n) is 4.84. The average Bonchev–Trinajstić information content (AvgIpc) is 2.60. The van der Waals surface area contributed by atoms with Gasteiger partial charge in [0.25, 0.3) is 0 Å². The number of carbonyl (C=O) groups excluding carboxylic acids is 1. The molecule has 0 radical (unpaired) electrons. The van der Waals surface area contributed by atoms with E-state index in [1.165, 1.54) is 6.20 Å². The minimum Gasteiger partial charge on any atom is -0.309 e. The maximum atomic E-state index is 11.8. The molecule has 0 aromatic carbocycles. The molecule has 0 N–H and O–H groups in total. The van der Waals surface area contributed by atoms with Gasteiger partial charge in [0.2, 0.25) is 5.91 Å². The van der Waals surface area contributed by atoms with Crippen LogP contribution in [0.25, 0.3) is 0 Å². The Morgan fingerprint density at radius 1 is 1.56 bits per heavy atom. The lowest BCUT2D eigenvalue weighted by Crippen LogP contribution is -2.25. The molecule has 1 unspecified atom stereocenters. The van der Waals surface area contributed by atoms with Gasteiger partial charge in [-0.25, -0.2) is 4.98 Å². The second-order valence-corrected chi connectivity index (χ2v) is 4.88. The van der Waals surface area contributed by atoms with E-state index in [-0.39, 0.29) is 11.8 Å². The summed E-state index contributed by atoms with van der Waals surface area (Å²) in [6.07, 6.45) is 2.05. The van der Waals surface area contributed by atoms with Crippen LogP contribution in [0.5, 0.6) is 0 Å². The minimum absolute atomic E-state index is 0.0603. The van der Waals surface area contributed by atoms with Crippen LogP contribution >= 0.6 is 35.8 Å². The molecule has 1 saturated heterocycles.